The van der Waals surface area contributed by atoms with Crippen LogP contribution in [-0.2, 0) is 19.1 Å². The summed E-state index contributed by atoms with van der Waals surface area (Å²) in [4.78, 5) is 54.2. The molecule has 0 aromatic heterocycles. The lowest BCUT2D eigenvalue weighted by atomic mass is 10.00. The second-order valence-electron chi connectivity index (χ2n) is 12.2. The van der Waals surface area contributed by atoms with Crippen LogP contribution in [0.25, 0.3) is 0 Å². The van der Waals surface area contributed by atoms with Crippen molar-refractivity contribution in [2.75, 3.05) is 27.4 Å². The van der Waals surface area contributed by atoms with E-state index in [2.05, 4.69) is 39.5 Å². The molecule has 1 saturated heterocycles. The Morgan fingerprint density at radius 2 is 1.52 bits per heavy atom. The number of methoxy groups -OCH3 is 2. The Morgan fingerprint density at radius 1 is 0.925 bits per heavy atom. The number of alkyl carbamates (subject to hydrolysis) is 2. The largest absolute Gasteiger partial charge is 0.453 e. The Hall–Kier alpha value is -2.68. The fourth-order valence-corrected chi connectivity index (χ4v) is 5.58. The molecule has 2 aliphatic carbocycles. The molecule has 4 amide bonds. The average molecular weight is 569 g/mol. The minimum absolute atomic E-state index is 0.0605. The molecule has 5 unspecified atom stereocenters. The van der Waals surface area contributed by atoms with Gasteiger partial charge in [0, 0.05) is 12.6 Å². The number of carbonyl (C=O) groups excluding carboxylic acids is 4. The van der Waals surface area contributed by atoms with Crippen molar-refractivity contribution in [2.24, 2.45) is 23.2 Å². The van der Waals surface area contributed by atoms with Crippen molar-refractivity contribution < 1.29 is 28.7 Å². The van der Waals surface area contributed by atoms with Crippen molar-refractivity contribution in [3.8, 4) is 0 Å². The molecule has 14 heteroatoms. The molecule has 2 bridgehead atoms. The predicted molar refractivity (Wildman–Crippen MR) is 147 cm³/mol. The van der Waals surface area contributed by atoms with Gasteiger partial charge in [-0.3, -0.25) is 9.59 Å². The van der Waals surface area contributed by atoms with Crippen molar-refractivity contribution in [3.05, 3.63) is 0 Å². The minimum Gasteiger partial charge on any atom is -0.453 e. The second kappa shape index (κ2) is 13.8. The van der Waals surface area contributed by atoms with E-state index in [1.54, 1.807) is 4.90 Å². The van der Waals surface area contributed by atoms with Crippen LogP contribution in [0.15, 0.2) is 0 Å². The zero-order chi connectivity index (χ0) is 29.6. The lowest BCUT2D eigenvalue weighted by Gasteiger charge is -2.38. The zero-order valence-electron chi connectivity index (χ0n) is 24.8. The van der Waals surface area contributed by atoms with Gasteiger partial charge in [0.15, 0.2) is 0 Å². The highest BCUT2D eigenvalue weighted by Crippen LogP contribution is 2.45. The van der Waals surface area contributed by atoms with Crippen LogP contribution in [-0.4, -0.2) is 85.5 Å². The highest BCUT2D eigenvalue weighted by Gasteiger charge is 2.50. The van der Waals surface area contributed by atoms with Crippen molar-refractivity contribution in [1.82, 2.24) is 42.4 Å². The Morgan fingerprint density at radius 3 is 2.08 bits per heavy atom. The summed E-state index contributed by atoms with van der Waals surface area (Å²) >= 11 is 0. The van der Waals surface area contributed by atoms with Gasteiger partial charge in [-0.05, 0) is 55.3 Å². The normalized spacial score (nSPS) is 24.0. The maximum Gasteiger partial charge on any atom is 0.407 e. The van der Waals surface area contributed by atoms with Crippen molar-refractivity contribution in [3.63, 3.8) is 0 Å². The van der Waals surface area contributed by atoms with Crippen LogP contribution in [0.5, 0.6) is 0 Å². The molecule has 5 atom stereocenters. The van der Waals surface area contributed by atoms with Gasteiger partial charge < -0.3 is 29.9 Å². The fourth-order valence-electron chi connectivity index (χ4n) is 5.58. The summed E-state index contributed by atoms with van der Waals surface area (Å²) in [5.74, 6) is -0.304. The first kappa shape index (κ1) is 31.8. The van der Waals surface area contributed by atoms with Crippen LogP contribution < -0.4 is 32.6 Å². The number of likely N-dealkylation sites (tertiary alicyclic amines) is 1. The number of amides is 4. The molecule has 1 aliphatic heterocycles. The van der Waals surface area contributed by atoms with E-state index in [9.17, 15) is 19.2 Å². The summed E-state index contributed by atoms with van der Waals surface area (Å²) in [7, 11) is 2.55. The molecular weight excluding hydrogens is 520 g/mol. The molecule has 228 valence electrons. The summed E-state index contributed by atoms with van der Waals surface area (Å²) in [6.45, 7) is 10.4. The van der Waals surface area contributed by atoms with Gasteiger partial charge >= 0.3 is 12.2 Å². The standard InChI is InChI=1S/C26H48N8O6/c1-15(2)19(28-24(37)39-6)22(35)33(13-26(5)10-11-26)14-27-31-32-30-21-17-8-9-18(12-17)34(21)23(36)20(16(3)4)29-25(38)40-7/h15-21,27,30-32H,8-14H2,1-7H3,(H,28,37)(H,29,38). The molecule has 2 saturated carbocycles. The third-order valence-electron chi connectivity index (χ3n) is 8.25. The number of carbonyl (C=O) groups is 4. The fraction of sp³-hybridized carbons (Fsp3) is 0.846. The number of hydrogen-bond donors (Lipinski definition) is 6. The molecule has 0 radical (unpaired) electrons. The smallest absolute Gasteiger partial charge is 0.407 e. The topological polar surface area (TPSA) is 165 Å². The summed E-state index contributed by atoms with van der Waals surface area (Å²) in [5, 5.41) is 5.33. The first-order chi connectivity index (χ1) is 18.9. The molecule has 3 fully saturated rings. The van der Waals surface area contributed by atoms with Gasteiger partial charge in [0.2, 0.25) is 11.8 Å². The third kappa shape index (κ3) is 7.95. The number of nitrogens with one attached hydrogen (secondary N) is 6. The summed E-state index contributed by atoms with van der Waals surface area (Å²) in [6.07, 6.45) is 3.36. The summed E-state index contributed by atoms with van der Waals surface area (Å²) < 4.78 is 9.44. The van der Waals surface area contributed by atoms with E-state index in [4.69, 9.17) is 9.47 Å². The molecule has 6 N–H and O–H groups in total. The Balaban J connectivity index is 1.57. The van der Waals surface area contributed by atoms with E-state index in [1.807, 2.05) is 32.6 Å². The maximum absolute atomic E-state index is 13.5. The molecule has 0 aromatic carbocycles. The van der Waals surface area contributed by atoms with Crippen LogP contribution in [0, 0.1) is 23.2 Å². The first-order valence-corrected chi connectivity index (χ1v) is 14.2. The number of hydrogen-bond acceptors (Lipinski definition) is 10. The number of nitrogens with zero attached hydrogens (tertiary/aromatic N) is 2. The number of fused-ring (bicyclic) bond motifs is 2. The molecule has 1 heterocycles. The molecule has 0 spiro atoms. The van der Waals surface area contributed by atoms with Crippen LogP contribution in [0.2, 0.25) is 0 Å². The monoisotopic (exact) mass is 568 g/mol. The lowest BCUT2D eigenvalue weighted by molar-refractivity contribution is -0.140. The predicted octanol–water partition coefficient (Wildman–Crippen LogP) is 0.774. The van der Waals surface area contributed by atoms with Gasteiger partial charge in [-0.2, -0.15) is 11.1 Å². The Kier molecular flexibility index (Phi) is 11.0. The molecule has 3 rings (SSSR count). The highest BCUT2D eigenvalue weighted by atomic mass is 16.5. The number of hydrazine groups is 3. The summed E-state index contributed by atoms with van der Waals surface area (Å²) in [5.41, 5.74) is 12.1. The van der Waals surface area contributed by atoms with Crippen LogP contribution >= 0.6 is 0 Å². The van der Waals surface area contributed by atoms with Gasteiger partial charge in [-0.25, -0.2) is 20.4 Å². The molecule has 0 aromatic rings. The Bertz CT molecular complexity index is 914. The summed E-state index contributed by atoms with van der Waals surface area (Å²) in [6, 6.07) is -1.31. The first-order valence-electron chi connectivity index (χ1n) is 14.2. The van der Waals surface area contributed by atoms with Crippen molar-refractivity contribution in [2.45, 2.75) is 91.0 Å². The average Bonchev–Trinajstić information content (AvgIpc) is 3.31. The second-order valence-corrected chi connectivity index (χ2v) is 12.2. The van der Waals surface area contributed by atoms with Crippen LogP contribution in [0.4, 0.5) is 9.59 Å². The van der Waals surface area contributed by atoms with E-state index >= 15 is 0 Å². The molecule has 14 nitrogen and oxygen atoms in total. The number of rotatable bonds is 14. The van der Waals surface area contributed by atoms with Gasteiger partial charge in [-0.15, -0.1) is 0 Å². The van der Waals surface area contributed by atoms with Crippen molar-refractivity contribution in [1.29, 1.82) is 0 Å². The van der Waals surface area contributed by atoms with E-state index in [1.165, 1.54) is 14.2 Å². The van der Waals surface area contributed by atoms with Crippen LogP contribution in [0.3, 0.4) is 0 Å². The van der Waals surface area contributed by atoms with E-state index < -0.39 is 24.3 Å². The van der Waals surface area contributed by atoms with E-state index in [-0.39, 0.29) is 53.9 Å². The van der Waals surface area contributed by atoms with Gasteiger partial charge in [0.05, 0.1) is 27.1 Å². The molecular formula is C26H48N8O6. The zero-order valence-corrected chi connectivity index (χ0v) is 24.8. The minimum atomic E-state index is -0.719. The number of piperidine rings is 1. The van der Waals surface area contributed by atoms with Gasteiger partial charge in [-0.1, -0.05) is 34.6 Å². The lowest BCUT2D eigenvalue weighted by Crippen LogP contribution is -2.65. The Labute approximate surface area is 236 Å². The molecule has 40 heavy (non-hydrogen) atoms. The van der Waals surface area contributed by atoms with Gasteiger partial charge in [0.1, 0.15) is 12.1 Å². The third-order valence-corrected chi connectivity index (χ3v) is 8.25. The SMILES string of the molecule is COC(=O)NC(C(=O)N(CNNNNC1C2CCC(C2)N1C(=O)C(NC(=O)OC)C(C)C)CC1(C)CC1)C(C)C. The quantitative estimate of drug-likeness (QED) is 0.100. The van der Waals surface area contributed by atoms with Crippen molar-refractivity contribution >= 4 is 24.0 Å². The van der Waals surface area contributed by atoms with Crippen LogP contribution in [0.1, 0.15) is 66.7 Å². The van der Waals surface area contributed by atoms with Gasteiger partial charge in [0.25, 0.3) is 0 Å². The molecule has 3 aliphatic rings. The van der Waals surface area contributed by atoms with E-state index in [0.29, 0.717) is 6.54 Å². The maximum atomic E-state index is 13.5. The van der Waals surface area contributed by atoms with E-state index in [0.717, 1.165) is 32.1 Å². The number of ether oxygens (including phenoxy) is 2. The highest BCUT2D eigenvalue weighted by molar-refractivity contribution is 5.87.